The Balaban J connectivity index is 1.91. The Bertz CT molecular complexity index is 862. The summed E-state index contributed by atoms with van der Waals surface area (Å²) in [7, 11) is -1.86. The zero-order chi connectivity index (χ0) is 19.3. The lowest BCUT2D eigenvalue weighted by atomic mass is 9.87. The molecule has 1 aromatic heterocycles. The zero-order valence-corrected chi connectivity index (χ0v) is 18.0. The molecule has 1 unspecified atom stereocenters. The van der Waals surface area contributed by atoms with Crippen molar-refractivity contribution in [2.24, 2.45) is 5.90 Å². The molecule has 0 saturated heterocycles. The van der Waals surface area contributed by atoms with Gasteiger partial charge in [0.05, 0.1) is 12.3 Å². The van der Waals surface area contributed by atoms with Gasteiger partial charge in [-0.1, -0.05) is 75.4 Å². The minimum Gasteiger partial charge on any atom is -0.405 e. The fourth-order valence-electron chi connectivity index (χ4n) is 3.12. The fourth-order valence-corrected chi connectivity index (χ4v) is 6.56. The van der Waals surface area contributed by atoms with E-state index in [1.165, 1.54) is 15.9 Å². The summed E-state index contributed by atoms with van der Waals surface area (Å²) in [6.07, 6.45) is 0. The van der Waals surface area contributed by atoms with Gasteiger partial charge >= 0.3 is 0 Å². The monoisotopic (exact) mass is 398 g/mol. The van der Waals surface area contributed by atoms with Crippen molar-refractivity contribution in [1.82, 2.24) is 4.98 Å². The first-order chi connectivity index (χ1) is 13.0. The van der Waals surface area contributed by atoms with Gasteiger partial charge in [0.15, 0.2) is 0 Å². The Morgan fingerprint density at radius 3 is 2.41 bits per heavy atom. The summed E-state index contributed by atoms with van der Waals surface area (Å²) in [5, 5.41) is 5.48. The molecule has 6 heteroatoms. The summed E-state index contributed by atoms with van der Waals surface area (Å²) < 4.78 is 6.54. The molecule has 142 valence electrons. The molecule has 0 radical (unpaired) electrons. The standard InChI is InChI=1S/C21H26N2O2SSi/c1-21(2,3)18-11-7-8-12-19(18)27(17-9-5-4-6-10-17)25-13-16-15-26-20(23-16)14-24-22/h4-12,15,27H,13-14,22H2,1-3H3. The van der Waals surface area contributed by atoms with Gasteiger partial charge in [0, 0.05) is 5.38 Å². The van der Waals surface area contributed by atoms with Crippen LogP contribution >= 0.6 is 11.3 Å². The lowest BCUT2D eigenvalue weighted by Gasteiger charge is -2.27. The van der Waals surface area contributed by atoms with Crippen LogP contribution in [0.4, 0.5) is 0 Å². The minimum absolute atomic E-state index is 0.0618. The molecule has 0 aliphatic rings. The third kappa shape index (κ3) is 5.12. The molecule has 2 N–H and O–H groups in total. The van der Waals surface area contributed by atoms with Crippen molar-refractivity contribution in [1.29, 1.82) is 0 Å². The Kier molecular flexibility index (Phi) is 6.57. The number of hydrogen-bond donors (Lipinski definition) is 1. The number of aromatic nitrogens is 1. The van der Waals surface area contributed by atoms with Gasteiger partial charge < -0.3 is 4.43 Å². The number of benzene rings is 2. The highest BCUT2D eigenvalue weighted by molar-refractivity contribution is 7.09. The molecule has 3 aromatic rings. The zero-order valence-electron chi connectivity index (χ0n) is 16.0. The normalized spacial score (nSPS) is 12.9. The summed E-state index contributed by atoms with van der Waals surface area (Å²) in [5.74, 6) is 5.14. The van der Waals surface area contributed by atoms with E-state index in [1.54, 1.807) is 11.3 Å². The Labute approximate surface area is 166 Å². The molecule has 0 saturated carbocycles. The van der Waals surface area contributed by atoms with E-state index >= 15 is 0 Å². The van der Waals surface area contributed by atoms with E-state index in [-0.39, 0.29) is 5.41 Å². The van der Waals surface area contributed by atoms with Crippen LogP contribution in [0.3, 0.4) is 0 Å². The van der Waals surface area contributed by atoms with E-state index in [9.17, 15) is 0 Å². The second-order valence-corrected chi connectivity index (χ2v) is 10.8. The topological polar surface area (TPSA) is 57.4 Å². The molecule has 0 aliphatic carbocycles. The van der Waals surface area contributed by atoms with Crippen LogP contribution in [0.15, 0.2) is 60.0 Å². The number of thiazole rings is 1. The highest BCUT2D eigenvalue weighted by Crippen LogP contribution is 2.21. The smallest absolute Gasteiger partial charge is 0.240 e. The third-order valence-electron chi connectivity index (χ3n) is 4.36. The van der Waals surface area contributed by atoms with Crippen LogP contribution in [0, 0.1) is 0 Å². The predicted octanol–water partition coefficient (Wildman–Crippen LogP) is 2.89. The highest BCUT2D eigenvalue weighted by Gasteiger charge is 2.26. The maximum absolute atomic E-state index is 6.54. The van der Waals surface area contributed by atoms with Gasteiger partial charge in [0.25, 0.3) is 0 Å². The van der Waals surface area contributed by atoms with E-state index in [0.29, 0.717) is 13.2 Å². The molecule has 2 aromatic carbocycles. The summed E-state index contributed by atoms with van der Waals surface area (Å²) in [4.78, 5) is 9.22. The molecule has 1 heterocycles. The SMILES string of the molecule is CC(C)(C)c1ccccc1[SiH](OCc1csc(CON)n1)c1ccccc1. The maximum atomic E-state index is 6.54. The van der Waals surface area contributed by atoms with E-state index in [1.807, 2.05) is 11.4 Å². The first kappa shape index (κ1) is 19.9. The second kappa shape index (κ2) is 8.90. The first-order valence-electron chi connectivity index (χ1n) is 9.00. The molecule has 0 amide bonds. The lowest BCUT2D eigenvalue weighted by molar-refractivity contribution is 0.123. The molecule has 27 heavy (non-hydrogen) atoms. The van der Waals surface area contributed by atoms with Crippen molar-refractivity contribution < 1.29 is 9.26 Å². The third-order valence-corrected chi connectivity index (χ3v) is 7.79. The van der Waals surface area contributed by atoms with Gasteiger partial charge in [-0.3, -0.25) is 4.84 Å². The number of nitrogens with two attached hydrogens (primary N) is 1. The van der Waals surface area contributed by atoms with Crippen LogP contribution < -0.4 is 16.3 Å². The van der Waals surface area contributed by atoms with E-state index < -0.39 is 9.04 Å². The van der Waals surface area contributed by atoms with E-state index in [4.69, 9.17) is 10.3 Å². The maximum Gasteiger partial charge on any atom is 0.240 e. The lowest BCUT2D eigenvalue weighted by Crippen LogP contribution is -2.48. The molecule has 3 rings (SSSR count). The summed E-state index contributed by atoms with van der Waals surface area (Å²) >= 11 is 1.54. The quantitative estimate of drug-likeness (QED) is 0.491. The molecule has 0 bridgehead atoms. The second-order valence-electron chi connectivity index (χ2n) is 7.48. The van der Waals surface area contributed by atoms with Gasteiger partial charge in [0.2, 0.25) is 9.04 Å². The van der Waals surface area contributed by atoms with Crippen molar-refractivity contribution in [2.75, 3.05) is 0 Å². The Morgan fingerprint density at radius 2 is 1.70 bits per heavy atom. The van der Waals surface area contributed by atoms with Crippen LogP contribution in [-0.2, 0) is 27.9 Å². The van der Waals surface area contributed by atoms with Crippen LogP contribution in [0.5, 0.6) is 0 Å². The largest absolute Gasteiger partial charge is 0.405 e. The van der Waals surface area contributed by atoms with Gasteiger partial charge in [-0.2, -0.15) is 0 Å². The minimum atomic E-state index is -1.86. The molecular formula is C21H26N2O2SSi. The number of nitrogens with zero attached hydrogens (tertiary/aromatic N) is 1. The van der Waals surface area contributed by atoms with E-state index in [2.05, 4.69) is 79.1 Å². The first-order valence-corrected chi connectivity index (χ1v) is 11.5. The van der Waals surface area contributed by atoms with Crippen LogP contribution in [-0.4, -0.2) is 14.0 Å². The fraction of sp³-hybridized carbons (Fsp3) is 0.286. The van der Waals surface area contributed by atoms with Crippen LogP contribution in [0.25, 0.3) is 0 Å². The van der Waals surface area contributed by atoms with Crippen molar-refractivity contribution in [2.45, 2.75) is 39.4 Å². The van der Waals surface area contributed by atoms with Crippen molar-refractivity contribution in [3.8, 4) is 0 Å². The van der Waals surface area contributed by atoms with Gasteiger partial charge in [-0.05, 0) is 21.4 Å². The average molecular weight is 399 g/mol. The van der Waals surface area contributed by atoms with Crippen LogP contribution in [0.1, 0.15) is 37.0 Å². The van der Waals surface area contributed by atoms with Crippen LogP contribution in [0.2, 0.25) is 0 Å². The highest BCUT2D eigenvalue weighted by atomic mass is 32.1. The molecule has 1 atom stereocenters. The van der Waals surface area contributed by atoms with Crippen molar-refractivity contribution >= 4 is 30.8 Å². The Hall–Kier alpha value is -1.83. The number of hydrogen-bond acceptors (Lipinski definition) is 5. The van der Waals surface area contributed by atoms with E-state index in [0.717, 1.165) is 10.7 Å². The molecule has 0 fully saturated rings. The molecule has 0 spiro atoms. The van der Waals surface area contributed by atoms with Gasteiger partial charge in [0.1, 0.15) is 11.6 Å². The summed E-state index contributed by atoms with van der Waals surface area (Å²) in [5.41, 5.74) is 2.33. The van der Waals surface area contributed by atoms with Gasteiger partial charge in [-0.15, -0.1) is 11.3 Å². The molecular weight excluding hydrogens is 372 g/mol. The van der Waals surface area contributed by atoms with Crippen molar-refractivity contribution in [3.63, 3.8) is 0 Å². The molecule has 4 nitrogen and oxygen atoms in total. The average Bonchev–Trinajstić information content (AvgIpc) is 3.10. The van der Waals surface area contributed by atoms with Crippen molar-refractivity contribution in [3.05, 3.63) is 76.2 Å². The summed E-state index contributed by atoms with van der Waals surface area (Å²) in [6.45, 7) is 7.58. The summed E-state index contributed by atoms with van der Waals surface area (Å²) in [6, 6.07) is 19.2. The Morgan fingerprint density at radius 1 is 1.00 bits per heavy atom. The molecule has 0 aliphatic heterocycles. The predicted molar refractivity (Wildman–Crippen MR) is 114 cm³/mol. The number of rotatable bonds is 7. The van der Waals surface area contributed by atoms with Gasteiger partial charge in [-0.25, -0.2) is 10.9 Å².